The summed E-state index contributed by atoms with van der Waals surface area (Å²) in [6.07, 6.45) is 2.75. The first kappa shape index (κ1) is 22.9. The Morgan fingerprint density at radius 1 is 1.15 bits per heavy atom. The molecule has 0 aromatic heterocycles. The van der Waals surface area contributed by atoms with Crippen LogP contribution in [-0.4, -0.2) is 49.4 Å². The van der Waals surface area contributed by atoms with Crippen LogP contribution in [0.3, 0.4) is 0 Å². The third-order valence-electron chi connectivity index (χ3n) is 6.04. The fraction of sp³-hybridized carbons (Fsp3) is 0.385. The lowest BCUT2D eigenvalue weighted by Gasteiger charge is -2.37. The summed E-state index contributed by atoms with van der Waals surface area (Å²) in [4.78, 5) is 25.7. The highest BCUT2D eigenvalue weighted by Crippen LogP contribution is 2.35. The van der Waals surface area contributed by atoms with Gasteiger partial charge in [0.2, 0.25) is 6.29 Å². The molecule has 1 unspecified atom stereocenters. The maximum atomic E-state index is 12.1. The second-order valence-electron chi connectivity index (χ2n) is 8.22. The van der Waals surface area contributed by atoms with Crippen molar-refractivity contribution in [3.63, 3.8) is 0 Å². The summed E-state index contributed by atoms with van der Waals surface area (Å²) in [6.45, 7) is 8.04. The lowest BCUT2D eigenvalue weighted by atomic mass is 9.95. The van der Waals surface area contributed by atoms with Gasteiger partial charge in [-0.1, -0.05) is 24.3 Å². The molecule has 174 valence electrons. The van der Waals surface area contributed by atoms with Gasteiger partial charge in [-0.2, -0.15) is 0 Å². The van der Waals surface area contributed by atoms with Gasteiger partial charge in [-0.25, -0.2) is 4.79 Å². The highest BCUT2D eigenvalue weighted by molar-refractivity contribution is 5.94. The average molecular weight is 451 g/mol. The first-order chi connectivity index (χ1) is 16.1. The molecule has 0 spiro atoms. The number of carbonyl (C=O) groups is 2. The molecule has 2 heterocycles. The average Bonchev–Trinajstić information content (AvgIpc) is 2.87. The van der Waals surface area contributed by atoms with Gasteiger partial charge in [0.25, 0.3) is 5.91 Å². The molecule has 0 bridgehead atoms. The first-order valence-corrected chi connectivity index (χ1v) is 11.4. The van der Waals surface area contributed by atoms with Gasteiger partial charge in [-0.3, -0.25) is 4.79 Å². The van der Waals surface area contributed by atoms with Crippen molar-refractivity contribution in [3.05, 3.63) is 66.2 Å². The number of fused-ring (bicyclic) bond motifs is 1. The standard InChI is InChI=1S/C26H30N2O5/c1-3-13-27-24(29)19-7-5-18(6-8-19)21-9-10-23-22(16-21)17-32-25(33-23)20-11-14-28(15-12-20)26(30)31-4-2/h3,5-10,16,20,25H,1,4,11-15,17H2,2H3,(H,27,29). The monoisotopic (exact) mass is 450 g/mol. The van der Waals surface area contributed by atoms with E-state index in [1.165, 1.54) is 0 Å². The number of amides is 2. The summed E-state index contributed by atoms with van der Waals surface area (Å²) in [6, 6.07) is 13.6. The van der Waals surface area contributed by atoms with E-state index in [4.69, 9.17) is 14.2 Å². The van der Waals surface area contributed by atoms with Gasteiger partial charge in [0, 0.05) is 36.7 Å². The van der Waals surface area contributed by atoms with Crippen molar-refractivity contribution in [2.24, 2.45) is 5.92 Å². The van der Waals surface area contributed by atoms with E-state index in [2.05, 4.69) is 18.0 Å². The van der Waals surface area contributed by atoms with Crippen LogP contribution in [0, 0.1) is 5.92 Å². The maximum absolute atomic E-state index is 12.1. The van der Waals surface area contributed by atoms with Crippen LogP contribution in [0.2, 0.25) is 0 Å². The number of benzene rings is 2. The molecule has 0 saturated carbocycles. The van der Waals surface area contributed by atoms with E-state index in [9.17, 15) is 9.59 Å². The van der Waals surface area contributed by atoms with Crippen LogP contribution in [0.1, 0.15) is 35.7 Å². The molecule has 2 amide bonds. The normalized spacial score (nSPS) is 18.1. The maximum Gasteiger partial charge on any atom is 0.409 e. The summed E-state index contributed by atoms with van der Waals surface area (Å²) in [7, 11) is 0. The minimum atomic E-state index is -0.305. The van der Waals surface area contributed by atoms with Crippen LogP contribution < -0.4 is 10.1 Å². The number of ether oxygens (including phenoxy) is 3. The molecule has 7 nitrogen and oxygen atoms in total. The van der Waals surface area contributed by atoms with Gasteiger partial charge in [0.1, 0.15) is 5.75 Å². The topological polar surface area (TPSA) is 77.1 Å². The van der Waals surface area contributed by atoms with Crippen molar-refractivity contribution < 1.29 is 23.8 Å². The molecule has 2 aliphatic heterocycles. The fourth-order valence-corrected chi connectivity index (χ4v) is 4.20. The van der Waals surface area contributed by atoms with Crippen molar-refractivity contribution in [2.45, 2.75) is 32.7 Å². The van der Waals surface area contributed by atoms with E-state index < -0.39 is 0 Å². The van der Waals surface area contributed by atoms with E-state index in [1.54, 1.807) is 11.0 Å². The molecule has 1 N–H and O–H groups in total. The van der Waals surface area contributed by atoms with E-state index in [0.29, 0.717) is 38.4 Å². The van der Waals surface area contributed by atoms with Crippen molar-refractivity contribution in [2.75, 3.05) is 26.2 Å². The quantitative estimate of drug-likeness (QED) is 0.661. The third kappa shape index (κ3) is 5.37. The van der Waals surface area contributed by atoms with Gasteiger partial charge in [-0.05, 0) is 55.2 Å². The zero-order valence-electron chi connectivity index (χ0n) is 18.9. The largest absolute Gasteiger partial charge is 0.464 e. The van der Waals surface area contributed by atoms with Crippen molar-refractivity contribution in [3.8, 4) is 16.9 Å². The summed E-state index contributed by atoms with van der Waals surface area (Å²) in [5.41, 5.74) is 3.68. The Bertz CT molecular complexity index is 996. The molecule has 4 rings (SSSR count). The molecule has 0 radical (unpaired) electrons. The fourth-order valence-electron chi connectivity index (χ4n) is 4.20. The molecule has 33 heavy (non-hydrogen) atoms. The number of hydrogen-bond acceptors (Lipinski definition) is 5. The molecular weight excluding hydrogens is 420 g/mol. The molecular formula is C26H30N2O5. The number of carbonyl (C=O) groups excluding carboxylic acids is 2. The molecule has 2 aromatic carbocycles. The third-order valence-corrected chi connectivity index (χ3v) is 6.04. The van der Waals surface area contributed by atoms with Gasteiger partial charge in [0.05, 0.1) is 13.2 Å². The van der Waals surface area contributed by atoms with E-state index in [0.717, 1.165) is 35.3 Å². The van der Waals surface area contributed by atoms with Crippen molar-refractivity contribution in [1.82, 2.24) is 10.2 Å². The number of piperidine rings is 1. The first-order valence-electron chi connectivity index (χ1n) is 11.4. The van der Waals surface area contributed by atoms with Gasteiger partial charge in [-0.15, -0.1) is 6.58 Å². The highest BCUT2D eigenvalue weighted by Gasteiger charge is 2.33. The molecule has 2 aromatic rings. The molecule has 7 heteroatoms. The van der Waals surface area contributed by atoms with Crippen LogP contribution in [0.5, 0.6) is 5.75 Å². The van der Waals surface area contributed by atoms with E-state index in [-0.39, 0.29) is 24.2 Å². The number of likely N-dealkylation sites (tertiary alicyclic amines) is 1. The van der Waals surface area contributed by atoms with Gasteiger partial charge < -0.3 is 24.4 Å². The predicted molar refractivity (Wildman–Crippen MR) is 125 cm³/mol. The van der Waals surface area contributed by atoms with Crippen LogP contribution in [0.25, 0.3) is 11.1 Å². The Balaban J connectivity index is 1.37. The number of hydrogen-bond donors (Lipinski definition) is 1. The Morgan fingerprint density at radius 3 is 2.58 bits per heavy atom. The zero-order chi connectivity index (χ0) is 23.2. The van der Waals surface area contributed by atoms with Gasteiger partial charge in [0.15, 0.2) is 0 Å². The van der Waals surface area contributed by atoms with E-state index >= 15 is 0 Å². The predicted octanol–water partition coefficient (Wildman–Crippen LogP) is 4.37. The van der Waals surface area contributed by atoms with E-state index in [1.807, 2.05) is 43.3 Å². The lowest BCUT2D eigenvalue weighted by molar-refractivity contribution is -0.148. The Kier molecular flexibility index (Phi) is 7.29. The van der Waals surface area contributed by atoms with Gasteiger partial charge >= 0.3 is 6.09 Å². The van der Waals surface area contributed by atoms with Crippen molar-refractivity contribution in [1.29, 1.82) is 0 Å². The second-order valence-corrected chi connectivity index (χ2v) is 8.22. The Hall–Kier alpha value is -3.32. The number of rotatable bonds is 6. The molecule has 1 atom stereocenters. The number of nitrogens with zero attached hydrogens (tertiary/aromatic N) is 1. The smallest absolute Gasteiger partial charge is 0.409 e. The summed E-state index contributed by atoms with van der Waals surface area (Å²) >= 11 is 0. The van der Waals surface area contributed by atoms with Crippen LogP contribution >= 0.6 is 0 Å². The highest BCUT2D eigenvalue weighted by atomic mass is 16.7. The van der Waals surface area contributed by atoms with Crippen molar-refractivity contribution >= 4 is 12.0 Å². The molecule has 0 aliphatic carbocycles. The zero-order valence-corrected chi connectivity index (χ0v) is 18.9. The molecule has 1 fully saturated rings. The Morgan fingerprint density at radius 2 is 1.88 bits per heavy atom. The summed E-state index contributed by atoms with van der Waals surface area (Å²) < 4.78 is 17.3. The molecule has 2 aliphatic rings. The van der Waals surface area contributed by atoms with Crippen LogP contribution in [-0.2, 0) is 16.1 Å². The lowest BCUT2D eigenvalue weighted by Crippen LogP contribution is -2.44. The van der Waals surface area contributed by atoms with Crippen LogP contribution in [0.15, 0.2) is 55.1 Å². The second kappa shape index (κ2) is 10.5. The summed E-state index contributed by atoms with van der Waals surface area (Å²) in [5, 5.41) is 2.78. The molecule has 1 saturated heterocycles. The SMILES string of the molecule is C=CCNC(=O)c1ccc(-c2ccc3c(c2)COC(C2CCN(C(=O)OCC)CC2)O3)cc1. The summed E-state index contributed by atoms with van der Waals surface area (Å²) in [5.74, 6) is 0.958. The minimum absolute atomic E-state index is 0.118. The minimum Gasteiger partial charge on any atom is -0.464 e. The Labute approximate surface area is 194 Å². The van der Waals surface area contributed by atoms with Crippen LogP contribution in [0.4, 0.5) is 4.79 Å². The number of nitrogens with one attached hydrogen (secondary N) is 1.